The number of carbonyl (C=O) groups excluding carboxylic acids is 1. The first-order valence-corrected chi connectivity index (χ1v) is 12.2. The first-order valence-electron chi connectivity index (χ1n) is 8.77. The van der Waals surface area contributed by atoms with Crippen LogP contribution in [0.1, 0.15) is 26.2 Å². The number of sulfonamides is 1. The molecule has 10 heteroatoms. The second kappa shape index (κ2) is 7.06. The van der Waals surface area contributed by atoms with E-state index in [4.69, 9.17) is 4.74 Å². The number of hydrogen-bond donors (Lipinski definition) is 0. The summed E-state index contributed by atoms with van der Waals surface area (Å²) >= 11 is 0. The normalized spacial score (nSPS) is 24.9. The molecular formula is C17H24N2O6S2. The molecule has 27 heavy (non-hydrogen) atoms. The molecule has 150 valence electrons. The monoisotopic (exact) mass is 416 g/mol. The van der Waals surface area contributed by atoms with Crippen LogP contribution in [-0.2, 0) is 24.7 Å². The lowest BCUT2D eigenvalue weighted by atomic mass is 10.1. The van der Waals surface area contributed by atoms with E-state index in [9.17, 15) is 21.6 Å². The molecule has 2 saturated heterocycles. The third-order valence-electron chi connectivity index (χ3n) is 5.31. The van der Waals surface area contributed by atoms with Gasteiger partial charge in [0.15, 0.2) is 9.84 Å². The van der Waals surface area contributed by atoms with Gasteiger partial charge in [-0.1, -0.05) is 6.92 Å². The molecule has 0 spiro atoms. The summed E-state index contributed by atoms with van der Waals surface area (Å²) in [6.07, 6.45) is 1.82. The van der Waals surface area contributed by atoms with Crippen molar-refractivity contribution in [3.05, 3.63) is 24.3 Å². The van der Waals surface area contributed by atoms with Gasteiger partial charge in [-0.05, 0) is 37.1 Å². The molecule has 0 N–H and O–H groups in total. The molecule has 0 aliphatic carbocycles. The van der Waals surface area contributed by atoms with Crippen molar-refractivity contribution in [1.82, 2.24) is 9.21 Å². The van der Waals surface area contributed by atoms with Crippen molar-refractivity contribution in [3.8, 4) is 5.75 Å². The molecule has 3 rings (SSSR count). The summed E-state index contributed by atoms with van der Waals surface area (Å²) in [5.74, 6) is 0.0994. The number of likely N-dealkylation sites (tertiary alicyclic amines) is 1. The van der Waals surface area contributed by atoms with E-state index in [0.29, 0.717) is 25.1 Å². The van der Waals surface area contributed by atoms with E-state index in [0.717, 1.165) is 10.6 Å². The highest BCUT2D eigenvalue weighted by Crippen LogP contribution is 2.38. The summed E-state index contributed by atoms with van der Waals surface area (Å²) < 4.78 is 56.3. The average Bonchev–Trinajstić information content (AvgIpc) is 3.13. The van der Waals surface area contributed by atoms with Gasteiger partial charge in [-0.3, -0.25) is 9.69 Å². The Bertz CT molecular complexity index is 927. The number of rotatable bonds is 6. The smallest absolute Gasteiger partial charge is 0.238 e. The van der Waals surface area contributed by atoms with Crippen LogP contribution in [0.3, 0.4) is 0 Å². The fraction of sp³-hybridized carbons (Fsp3) is 0.588. The number of ether oxygens (including phenoxy) is 1. The molecule has 1 aromatic rings. The minimum atomic E-state index is -3.68. The van der Waals surface area contributed by atoms with E-state index in [1.165, 1.54) is 19.2 Å². The SMILES string of the molecule is CCC(N1CC[C@H]2[C@H]1CC(=O)N2S(C)(=O)=O)S(=O)(=O)c1ccc(OC)cc1. The van der Waals surface area contributed by atoms with Crippen LogP contribution in [0.2, 0.25) is 0 Å². The highest BCUT2D eigenvalue weighted by molar-refractivity contribution is 7.92. The van der Waals surface area contributed by atoms with Gasteiger partial charge in [0, 0.05) is 19.0 Å². The van der Waals surface area contributed by atoms with Crippen molar-refractivity contribution in [3.63, 3.8) is 0 Å². The molecule has 1 amide bonds. The van der Waals surface area contributed by atoms with Crippen molar-refractivity contribution in [2.45, 2.75) is 48.5 Å². The van der Waals surface area contributed by atoms with E-state index >= 15 is 0 Å². The molecule has 0 bridgehead atoms. The van der Waals surface area contributed by atoms with Gasteiger partial charge in [0.05, 0.1) is 24.3 Å². The van der Waals surface area contributed by atoms with Crippen molar-refractivity contribution in [1.29, 1.82) is 0 Å². The molecule has 2 fully saturated rings. The Morgan fingerprint density at radius 3 is 2.30 bits per heavy atom. The van der Waals surface area contributed by atoms with Crippen LogP contribution >= 0.6 is 0 Å². The van der Waals surface area contributed by atoms with Gasteiger partial charge in [-0.2, -0.15) is 0 Å². The summed E-state index contributed by atoms with van der Waals surface area (Å²) in [5.41, 5.74) is 0. The van der Waals surface area contributed by atoms with E-state index in [1.54, 1.807) is 24.0 Å². The van der Waals surface area contributed by atoms with E-state index in [1.807, 2.05) is 0 Å². The minimum Gasteiger partial charge on any atom is -0.497 e. The second-order valence-electron chi connectivity index (χ2n) is 6.90. The van der Waals surface area contributed by atoms with Crippen molar-refractivity contribution in [2.24, 2.45) is 0 Å². The van der Waals surface area contributed by atoms with Crippen molar-refractivity contribution in [2.75, 3.05) is 19.9 Å². The van der Waals surface area contributed by atoms with Crippen molar-refractivity contribution >= 4 is 25.8 Å². The summed E-state index contributed by atoms with van der Waals surface area (Å²) in [6.45, 7) is 2.21. The molecule has 8 nitrogen and oxygen atoms in total. The maximum absolute atomic E-state index is 13.2. The zero-order valence-electron chi connectivity index (χ0n) is 15.5. The van der Waals surface area contributed by atoms with Gasteiger partial charge >= 0.3 is 0 Å². The molecule has 2 aliphatic heterocycles. The Kier molecular flexibility index (Phi) is 5.26. The van der Waals surface area contributed by atoms with E-state index < -0.39 is 43.2 Å². The summed E-state index contributed by atoms with van der Waals surface area (Å²) in [5, 5.41) is -0.812. The summed E-state index contributed by atoms with van der Waals surface area (Å²) in [6, 6.07) is 5.30. The number of amides is 1. The molecule has 0 aromatic heterocycles. The number of fused-ring (bicyclic) bond motifs is 1. The molecule has 3 atom stereocenters. The first kappa shape index (κ1) is 20.1. The average molecular weight is 417 g/mol. The van der Waals surface area contributed by atoms with Gasteiger partial charge in [0.25, 0.3) is 0 Å². The van der Waals surface area contributed by atoms with Crippen LogP contribution in [-0.4, -0.2) is 69.3 Å². The highest BCUT2D eigenvalue weighted by atomic mass is 32.2. The number of benzene rings is 1. The fourth-order valence-electron chi connectivity index (χ4n) is 4.18. The van der Waals surface area contributed by atoms with E-state index in [2.05, 4.69) is 0 Å². The number of hydrogen-bond acceptors (Lipinski definition) is 7. The second-order valence-corrected chi connectivity index (χ2v) is 10.9. The van der Waals surface area contributed by atoms with Crippen LogP contribution in [0.25, 0.3) is 0 Å². The maximum Gasteiger partial charge on any atom is 0.238 e. The molecule has 1 unspecified atom stereocenters. The zero-order valence-corrected chi connectivity index (χ0v) is 17.2. The Hall–Kier alpha value is -1.65. The van der Waals surface area contributed by atoms with Gasteiger partial charge in [-0.15, -0.1) is 0 Å². The molecule has 1 aromatic carbocycles. The predicted octanol–water partition coefficient (Wildman–Crippen LogP) is 0.840. The number of carbonyl (C=O) groups is 1. The quantitative estimate of drug-likeness (QED) is 0.677. The van der Waals surface area contributed by atoms with Crippen LogP contribution in [0.4, 0.5) is 0 Å². The Morgan fingerprint density at radius 2 is 1.78 bits per heavy atom. The molecule has 2 heterocycles. The lowest BCUT2D eigenvalue weighted by Gasteiger charge is -2.31. The van der Waals surface area contributed by atoms with Crippen LogP contribution < -0.4 is 4.74 Å². The minimum absolute atomic E-state index is 0.0202. The lowest BCUT2D eigenvalue weighted by molar-refractivity contribution is -0.124. The van der Waals surface area contributed by atoms with Gasteiger partial charge in [0.2, 0.25) is 15.9 Å². The Balaban J connectivity index is 1.91. The molecule has 0 radical (unpaired) electrons. The number of sulfone groups is 1. The van der Waals surface area contributed by atoms with Gasteiger partial charge in [-0.25, -0.2) is 21.1 Å². The number of methoxy groups -OCH3 is 1. The van der Waals surface area contributed by atoms with E-state index in [-0.39, 0.29) is 11.3 Å². The van der Waals surface area contributed by atoms with Gasteiger partial charge < -0.3 is 4.74 Å². The summed E-state index contributed by atoms with van der Waals surface area (Å²) in [4.78, 5) is 14.2. The Morgan fingerprint density at radius 1 is 1.15 bits per heavy atom. The third kappa shape index (κ3) is 3.45. The van der Waals surface area contributed by atoms with Crippen LogP contribution in [0.5, 0.6) is 5.75 Å². The van der Waals surface area contributed by atoms with Gasteiger partial charge in [0.1, 0.15) is 11.1 Å². The standard InChI is InChI=1S/C17H24N2O6S2/c1-4-17(27(23,24)13-7-5-12(25-2)6-8-13)18-10-9-14-15(18)11-16(20)19(14)26(3,21)22/h5-8,14-15,17H,4,9-11H2,1-3H3/t14-,15+,17?/m0/s1. The van der Waals surface area contributed by atoms with Crippen molar-refractivity contribution < 1.29 is 26.4 Å². The first-order chi connectivity index (χ1) is 12.6. The molecular weight excluding hydrogens is 392 g/mol. The number of nitrogens with zero attached hydrogens (tertiary/aromatic N) is 2. The van der Waals surface area contributed by atoms with Crippen LogP contribution in [0, 0.1) is 0 Å². The summed E-state index contributed by atoms with van der Waals surface area (Å²) in [7, 11) is -5.83. The fourth-order valence-corrected chi connectivity index (χ4v) is 7.25. The maximum atomic E-state index is 13.2. The molecule has 2 aliphatic rings. The topological polar surface area (TPSA) is 101 Å². The predicted molar refractivity (Wildman–Crippen MR) is 99.5 cm³/mol. The third-order valence-corrected chi connectivity index (χ3v) is 8.75. The largest absolute Gasteiger partial charge is 0.497 e. The molecule has 0 saturated carbocycles. The lowest BCUT2D eigenvalue weighted by Crippen LogP contribution is -2.46. The highest BCUT2D eigenvalue weighted by Gasteiger charge is 2.53. The Labute approximate surface area is 160 Å². The van der Waals surface area contributed by atoms with Crippen LogP contribution in [0.15, 0.2) is 29.2 Å². The zero-order chi connectivity index (χ0) is 20.0.